The number of nitrogens with one attached hydrogen (secondary N) is 2. The Morgan fingerprint density at radius 3 is 1.97 bits per heavy atom. The van der Waals surface area contributed by atoms with Crippen molar-refractivity contribution in [3.05, 3.63) is 65.7 Å². The van der Waals surface area contributed by atoms with Crippen molar-refractivity contribution in [3.8, 4) is 5.69 Å². The Labute approximate surface area is 185 Å². The van der Waals surface area contributed by atoms with Gasteiger partial charge in [-0.25, -0.2) is 13.9 Å². The number of carbonyl (C=O) groups excluding carboxylic acids is 2. The molecular weight excluding hydrogens is 446 g/mol. The molecule has 8 nitrogen and oxygen atoms in total. The third-order valence-corrected chi connectivity index (χ3v) is 4.01. The van der Waals surface area contributed by atoms with Gasteiger partial charge >= 0.3 is 12.3 Å². The van der Waals surface area contributed by atoms with Crippen LogP contribution in [0.2, 0.25) is 0 Å². The molecular formula is C21H19F4N5O3. The molecule has 0 aliphatic carbocycles. The van der Waals surface area contributed by atoms with Gasteiger partial charge in [-0.05, 0) is 69.3 Å². The standard InChI is InChI=1S/C21H19F4N5O3/c1-20(2,3)33-19(32)27-14-8-6-13(7-9-14)26-18(31)16-17(21(23,24)25)30(29-28-16)15-10-4-12(22)5-11-15/h4-11H,1-3H3,(H,26,31)(H,27,32). The van der Waals surface area contributed by atoms with Crippen LogP contribution >= 0.6 is 0 Å². The molecule has 2 N–H and O–H groups in total. The second-order valence-electron chi connectivity index (χ2n) is 7.83. The van der Waals surface area contributed by atoms with Gasteiger partial charge in [0.2, 0.25) is 0 Å². The van der Waals surface area contributed by atoms with E-state index in [1.54, 1.807) is 20.8 Å². The Morgan fingerprint density at radius 1 is 0.909 bits per heavy atom. The van der Waals surface area contributed by atoms with E-state index in [-0.39, 0.29) is 11.4 Å². The minimum Gasteiger partial charge on any atom is -0.444 e. The average molecular weight is 465 g/mol. The third kappa shape index (κ3) is 6.05. The quantitative estimate of drug-likeness (QED) is 0.527. The highest BCUT2D eigenvalue weighted by Crippen LogP contribution is 2.33. The Hall–Kier alpha value is -3.96. The fourth-order valence-corrected chi connectivity index (χ4v) is 2.70. The maximum absolute atomic E-state index is 13.7. The average Bonchev–Trinajstić information content (AvgIpc) is 3.14. The summed E-state index contributed by atoms with van der Waals surface area (Å²) in [5, 5.41) is 11.6. The predicted octanol–water partition coefficient (Wildman–Crippen LogP) is 5.02. The van der Waals surface area contributed by atoms with Crippen molar-refractivity contribution in [2.24, 2.45) is 0 Å². The second kappa shape index (κ2) is 8.88. The van der Waals surface area contributed by atoms with Crippen LogP contribution in [0.5, 0.6) is 0 Å². The van der Waals surface area contributed by atoms with Gasteiger partial charge in [-0.1, -0.05) is 5.21 Å². The Morgan fingerprint density at radius 2 is 1.45 bits per heavy atom. The minimum atomic E-state index is -4.97. The third-order valence-electron chi connectivity index (χ3n) is 4.01. The number of alkyl halides is 3. The molecule has 0 spiro atoms. The van der Waals surface area contributed by atoms with Crippen LogP contribution in [-0.2, 0) is 10.9 Å². The normalized spacial score (nSPS) is 11.7. The van der Waals surface area contributed by atoms with Crippen LogP contribution in [0.15, 0.2) is 48.5 Å². The highest BCUT2D eigenvalue weighted by atomic mass is 19.4. The molecule has 1 heterocycles. The van der Waals surface area contributed by atoms with Crippen LogP contribution < -0.4 is 10.6 Å². The zero-order chi connectivity index (χ0) is 24.4. The molecule has 12 heteroatoms. The number of aromatic nitrogens is 3. The van der Waals surface area contributed by atoms with Gasteiger partial charge in [0.1, 0.15) is 11.4 Å². The summed E-state index contributed by atoms with van der Waals surface area (Å²) in [6.45, 7) is 5.10. The summed E-state index contributed by atoms with van der Waals surface area (Å²) in [5.74, 6) is -1.79. The number of ether oxygens (including phenoxy) is 1. The SMILES string of the molecule is CC(C)(C)OC(=O)Nc1ccc(NC(=O)c2nnn(-c3ccc(F)cc3)c2C(F)(F)F)cc1. The first kappa shape index (κ1) is 23.7. The van der Waals surface area contributed by atoms with Crippen LogP contribution in [0.1, 0.15) is 37.0 Å². The van der Waals surface area contributed by atoms with Gasteiger partial charge in [0.25, 0.3) is 5.91 Å². The molecule has 0 saturated heterocycles. The number of benzene rings is 2. The monoisotopic (exact) mass is 465 g/mol. The molecule has 0 atom stereocenters. The summed E-state index contributed by atoms with van der Waals surface area (Å²) >= 11 is 0. The Bertz CT molecular complexity index is 1150. The summed E-state index contributed by atoms with van der Waals surface area (Å²) < 4.78 is 59.7. The number of nitrogens with zero attached hydrogens (tertiary/aromatic N) is 3. The molecule has 0 fully saturated rings. The van der Waals surface area contributed by atoms with E-state index in [4.69, 9.17) is 4.74 Å². The zero-order valence-electron chi connectivity index (χ0n) is 17.7. The molecule has 0 aliphatic rings. The van der Waals surface area contributed by atoms with Crippen molar-refractivity contribution < 1.29 is 31.9 Å². The van der Waals surface area contributed by atoms with Crippen molar-refractivity contribution in [1.82, 2.24) is 15.0 Å². The lowest BCUT2D eigenvalue weighted by molar-refractivity contribution is -0.143. The molecule has 3 rings (SSSR count). The molecule has 0 aliphatic heterocycles. The van der Waals surface area contributed by atoms with Crippen LogP contribution in [0.3, 0.4) is 0 Å². The fraction of sp³-hybridized carbons (Fsp3) is 0.238. The maximum Gasteiger partial charge on any atom is 0.435 e. The molecule has 0 radical (unpaired) electrons. The van der Waals surface area contributed by atoms with Crippen LogP contribution in [-0.4, -0.2) is 32.6 Å². The zero-order valence-corrected chi connectivity index (χ0v) is 17.7. The van der Waals surface area contributed by atoms with Crippen molar-refractivity contribution in [2.45, 2.75) is 32.5 Å². The van der Waals surface area contributed by atoms with E-state index < -0.39 is 41.0 Å². The van der Waals surface area contributed by atoms with Gasteiger partial charge < -0.3 is 10.1 Å². The molecule has 0 unspecified atom stereocenters. The lowest BCUT2D eigenvalue weighted by Gasteiger charge is -2.19. The number of carbonyl (C=O) groups is 2. The fourth-order valence-electron chi connectivity index (χ4n) is 2.70. The smallest absolute Gasteiger partial charge is 0.435 e. The number of rotatable bonds is 4. The molecule has 33 heavy (non-hydrogen) atoms. The van der Waals surface area contributed by atoms with Gasteiger partial charge in [0.05, 0.1) is 5.69 Å². The van der Waals surface area contributed by atoms with Crippen molar-refractivity contribution in [3.63, 3.8) is 0 Å². The summed E-state index contributed by atoms with van der Waals surface area (Å²) in [7, 11) is 0. The van der Waals surface area contributed by atoms with Gasteiger partial charge in [-0.2, -0.15) is 13.2 Å². The highest BCUT2D eigenvalue weighted by molar-refractivity contribution is 6.04. The van der Waals surface area contributed by atoms with Gasteiger partial charge in [0.15, 0.2) is 11.4 Å². The van der Waals surface area contributed by atoms with E-state index in [0.29, 0.717) is 10.4 Å². The number of hydrogen-bond donors (Lipinski definition) is 2. The summed E-state index contributed by atoms with van der Waals surface area (Å²) in [6, 6.07) is 9.70. The number of halogens is 4. The lowest BCUT2D eigenvalue weighted by atomic mass is 10.2. The Balaban J connectivity index is 1.79. The van der Waals surface area contributed by atoms with E-state index in [1.165, 1.54) is 24.3 Å². The van der Waals surface area contributed by atoms with Gasteiger partial charge in [0, 0.05) is 11.4 Å². The maximum atomic E-state index is 13.7. The van der Waals surface area contributed by atoms with Gasteiger partial charge in [-0.15, -0.1) is 5.10 Å². The van der Waals surface area contributed by atoms with Crippen LogP contribution in [0.4, 0.5) is 33.7 Å². The van der Waals surface area contributed by atoms with Crippen molar-refractivity contribution in [2.75, 3.05) is 10.6 Å². The van der Waals surface area contributed by atoms with E-state index in [2.05, 4.69) is 20.9 Å². The number of anilines is 2. The summed E-state index contributed by atoms with van der Waals surface area (Å²) in [4.78, 5) is 24.3. The van der Waals surface area contributed by atoms with E-state index in [9.17, 15) is 27.2 Å². The van der Waals surface area contributed by atoms with Crippen molar-refractivity contribution in [1.29, 1.82) is 0 Å². The van der Waals surface area contributed by atoms with E-state index >= 15 is 0 Å². The molecule has 0 saturated carbocycles. The first-order chi connectivity index (χ1) is 15.3. The van der Waals surface area contributed by atoms with E-state index in [0.717, 1.165) is 24.3 Å². The van der Waals surface area contributed by atoms with Crippen LogP contribution in [0.25, 0.3) is 5.69 Å². The summed E-state index contributed by atoms with van der Waals surface area (Å²) in [6.07, 6.45) is -5.65. The van der Waals surface area contributed by atoms with Crippen LogP contribution in [0, 0.1) is 5.82 Å². The highest BCUT2D eigenvalue weighted by Gasteiger charge is 2.42. The molecule has 2 amide bonds. The second-order valence-corrected chi connectivity index (χ2v) is 7.83. The molecule has 1 aromatic heterocycles. The number of amides is 2. The first-order valence-electron chi connectivity index (χ1n) is 9.54. The minimum absolute atomic E-state index is 0.118. The molecule has 3 aromatic rings. The molecule has 0 bridgehead atoms. The van der Waals surface area contributed by atoms with Gasteiger partial charge in [-0.3, -0.25) is 10.1 Å². The number of hydrogen-bond acceptors (Lipinski definition) is 5. The largest absolute Gasteiger partial charge is 0.444 e. The first-order valence-corrected chi connectivity index (χ1v) is 9.54. The molecule has 174 valence electrons. The lowest BCUT2D eigenvalue weighted by Crippen LogP contribution is -2.27. The van der Waals surface area contributed by atoms with Crippen molar-refractivity contribution >= 4 is 23.4 Å². The topological polar surface area (TPSA) is 98.1 Å². The summed E-state index contributed by atoms with van der Waals surface area (Å²) in [5.41, 5.74) is -2.68. The Kier molecular flexibility index (Phi) is 6.38. The predicted molar refractivity (Wildman–Crippen MR) is 111 cm³/mol. The molecule has 2 aromatic carbocycles. The van der Waals surface area contributed by atoms with E-state index in [1.807, 2.05) is 0 Å².